The standard InChI is InChI=1S/C12H10F3N3O/c1-7-8(6-16-18-7)11(19)17-10-5-3-2-4-9(10)12(13,14)15/h2-6H,1H3,(H,16,18)(H,17,19). The topological polar surface area (TPSA) is 57.8 Å². The highest BCUT2D eigenvalue weighted by Gasteiger charge is 2.33. The van der Waals surface area contributed by atoms with Gasteiger partial charge in [-0.25, -0.2) is 0 Å². The van der Waals surface area contributed by atoms with Crippen LogP contribution in [-0.2, 0) is 6.18 Å². The molecule has 0 bridgehead atoms. The number of carbonyl (C=O) groups is 1. The Morgan fingerprint density at radius 1 is 1.32 bits per heavy atom. The van der Waals surface area contributed by atoms with Gasteiger partial charge in [0.05, 0.1) is 23.0 Å². The number of hydrogen-bond acceptors (Lipinski definition) is 2. The summed E-state index contributed by atoms with van der Waals surface area (Å²) in [6, 6.07) is 4.81. The van der Waals surface area contributed by atoms with Crippen molar-refractivity contribution in [1.29, 1.82) is 0 Å². The van der Waals surface area contributed by atoms with E-state index in [1.54, 1.807) is 6.92 Å². The molecule has 0 radical (unpaired) electrons. The number of anilines is 1. The van der Waals surface area contributed by atoms with Crippen LogP contribution in [0.15, 0.2) is 30.5 Å². The van der Waals surface area contributed by atoms with Gasteiger partial charge in [-0.15, -0.1) is 0 Å². The normalized spacial score (nSPS) is 11.4. The van der Waals surface area contributed by atoms with E-state index in [-0.39, 0.29) is 11.3 Å². The summed E-state index contributed by atoms with van der Waals surface area (Å²) >= 11 is 0. The highest BCUT2D eigenvalue weighted by molar-refractivity contribution is 6.05. The first kappa shape index (κ1) is 13.1. The fourth-order valence-electron chi connectivity index (χ4n) is 1.61. The number of halogens is 3. The number of nitrogens with zero attached hydrogens (tertiary/aromatic N) is 1. The predicted octanol–water partition coefficient (Wildman–Crippen LogP) is 2.99. The molecule has 1 heterocycles. The van der Waals surface area contributed by atoms with Crippen LogP contribution in [0.3, 0.4) is 0 Å². The summed E-state index contributed by atoms with van der Waals surface area (Å²) < 4.78 is 38.3. The van der Waals surface area contributed by atoms with Crippen molar-refractivity contribution >= 4 is 11.6 Å². The summed E-state index contributed by atoms with van der Waals surface area (Å²) in [5.41, 5.74) is -0.468. The summed E-state index contributed by atoms with van der Waals surface area (Å²) in [5, 5.41) is 8.44. The molecule has 19 heavy (non-hydrogen) atoms. The van der Waals surface area contributed by atoms with Crippen LogP contribution >= 0.6 is 0 Å². The number of para-hydroxylation sites is 1. The number of alkyl halides is 3. The number of aromatic nitrogens is 2. The van der Waals surface area contributed by atoms with Gasteiger partial charge in [-0.2, -0.15) is 18.3 Å². The van der Waals surface area contributed by atoms with Crippen LogP contribution in [0, 0.1) is 6.92 Å². The fourth-order valence-corrected chi connectivity index (χ4v) is 1.61. The molecule has 0 spiro atoms. The van der Waals surface area contributed by atoms with Gasteiger partial charge in [0, 0.05) is 5.69 Å². The van der Waals surface area contributed by atoms with Crippen molar-refractivity contribution in [2.24, 2.45) is 0 Å². The van der Waals surface area contributed by atoms with Gasteiger partial charge in [-0.1, -0.05) is 12.1 Å². The molecule has 0 aliphatic heterocycles. The highest BCUT2D eigenvalue weighted by atomic mass is 19.4. The smallest absolute Gasteiger partial charge is 0.321 e. The molecule has 0 saturated heterocycles. The lowest BCUT2D eigenvalue weighted by molar-refractivity contribution is -0.136. The molecule has 1 aromatic carbocycles. The zero-order valence-electron chi connectivity index (χ0n) is 9.88. The molecule has 0 aliphatic rings. The van der Waals surface area contributed by atoms with E-state index in [0.717, 1.165) is 6.07 Å². The monoisotopic (exact) mass is 269 g/mol. The number of aromatic amines is 1. The number of H-pyrrole nitrogens is 1. The Kier molecular flexibility index (Phi) is 3.28. The third kappa shape index (κ3) is 2.75. The fraction of sp³-hybridized carbons (Fsp3) is 0.167. The summed E-state index contributed by atoms with van der Waals surface area (Å²) in [6.07, 6.45) is -3.25. The number of nitrogens with one attached hydrogen (secondary N) is 2. The number of benzene rings is 1. The number of aryl methyl sites for hydroxylation is 1. The maximum absolute atomic E-state index is 12.8. The van der Waals surface area contributed by atoms with E-state index in [4.69, 9.17) is 0 Å². The Morgan fingerprint density at radius 2 is 2.00 bits per heavy atom. The lowest BCUT2D eigenvalue weighted by Crippen LogP contribution is -2.16. The molecule has 2 N–H and O–H groups in total. The largest absolute Gasteiger partial charge is 0.418 e. The van der Waals surface area contributed by atoms with Gasteiger partial charge in [0.25, 0.3) is 5.91 Å². The van der Waals surface area contributed by atoms with E-state index in [9.17, 15) is 18.0 Å². The second kappa shape index (κ2) is 4.75. The highest BCUT2D eigenvalue weighted by Crippen LogP contribution is 2.34. The van der Waals surface area contributed by atoms with Gasteiger partial charge in [-0.3, -0.25) is 9.89 Å². The number of amides is 1. The van der Waals surface area contributed by atoms with Crippen molar-refractivity contribution in [3.63, 3.8) is 0 Å². The number of rotatable bonds is 2. The Morgan fingerprint density at radius 3 is 2.58 bits per heavy atom. The van der Waals surface area contributed by atoms with Crippen LogP contribution in [0.2, 0.25) is 0 Å². The number of carbonyl (C=O) groups excluding carboxylic acids is 1. The summed E-state index contributed by atoms with van der Waals surface area (Å²) in [7, 11) is 0. The van der Waals surface area contributed by atoms with Gasteiger partial charge in [0.15, 0.2) is 0 Å². The molecule has 2 rings (SSSR count). The predicted molar refractivity (Wildman–Crippen MR) is 62.7 cm³/mol. The minimum absolute atomic E-state index is 0.206. The molecule has 7 heteroatoms. The molecule has 0 fully saturated rings. The molecular formula is C12H10F3N3O. The minimum atomic E-state index is -4.52. The lowest BCUT2D eigenvalue weighted by atomic mass is 10.1. The average Bonchev–Trinajstić information content (AvgIpc) is 2.75. The first-order valence-corrected chi connectivity index (χ1v) is 5.37. The van der Waals surface area contributed by atoms with Gasteiger partial charge in [-0.05, 0) is 19.1 Å². The molecular weight excluding hydrogens is 259 g/mol. The Labute approximate surface area is 106 Å². The van der Waals surface area contributed by atoms with Crippen molar-refractivity contribution in [2.75, 3.05) is 5.32 Å². The second-order valence-corrected chi connectivity index (χ2v) is 3.91. The maximum Gasteiger partial charge on any atom is 0.418 e. The van der Waals surface area contributed by atoms with E-state index in [0.29, 0.717) is 5.69 Å². The third-order valence-corrected chi connectivity index (χ3v) is 2.56. The van der Waals surface area contributed by atoms with Crippen molar-refractivity contribution in [1.82, 2.24) is 10.2 Å². The van der Waals surface area contributed by atoms with E-state index in [1.165, 1.54) is 24.4 Å². The van der Waals surface area contributed by atoms with Crippen LogP contribution < -0.4 is 5.32 Å². The minimum Gasteiger partial charge on any atom is -0.321 e. The molecule has 2 aromatic rings. The van der Waals surface area contributed by atoms with Crippen molar-refractivity contribution in [2.45, 2.75) is 13.1 Å². The number of hydrogen-bond donors (Lipinski definition) is 2. The SMILES string of the molecule is Cc1[nH]ncc1C(=O)Nc1ccccc1C(F)(F)F. The molecule has 4 nitrogen and oxygen atoms in total. The zero-order valence-corrected chi connectivity index (χ0v) is 9.88. The first-order chi connectivity index (χ1) is 8.89. The third-order valence-electron chi connectivity index (χ3n) is 2.56. The first-order valence-electron chi connectivity index (χ1n) is 5.37. The Hall–Kier alpha value is -2.31. The molecule has 0 atom stereocenters. The summed E-state index contributed by atoms with van der Waals surface area (Å²) in [4.78, 5) is 11.8. The van der Waals surface area contributed by atoms with E-state index < -0.39 is 17.6 Å². The Balaban J connectivity index is 2.30. The quantitative estimate of drug-likeness (QED) is 0.880. The van der Waals surface area contributed by atoms with Crippen LogP contribution in [-0.4, -0.2) is 16.1 Å². The zero-order chi connectivity index (χ0) is 14.0. The van der Waals surface area contributed by atoms with Crippen molar-refractivity contribution in [3.8, 4) is 0 Å². The van der Waals surface area contributed by atoms with Crippen LogP contribution in [0.4, 0.5) is 18.9 Å². The summed E-state index contributed by atoms with van der Waals surface area (Å²) in [5.74, 6) is -0.636. The van der Waals surface area contributed by atoms with E-state index >= 15 is 0 Å². The van der Waals surface area contributed by atoms with Crippen LogP contribution in [0.25, 0.3) is 0 Å². The molecule has 0 unspecified atom stereocenters. The Bertz CT molecular complexity index is 604. The second-order valence-electron chi connectivity index (χ2n) is 3.91. The van der Waals surface area contributed by atoms with E-state index in [1.807, 2.05) is 0 Å². The van der Waals surface area contributed by atoms with Crippen LogP contribution in [0.5, 0.6) is 0 Å². The summed E-state index contributed by atoms with van der Waals surface area (Å²) in [6.45, 7) is 1.61. The van der Waals surface area contributed by atoms with Crippen molar-refractivity contribution in [3.05, 3.63) is 47.3 Å². The van der Waals surface area contributed by atoms with Gasteiger partial charge in [0.2, 0.25) is 0 Å². The van der Waals surface area contributed by atoms with Gasteiger partial charge < -0.3 is 5.32 Å². The molecule has 100 valence electrons. The van der Waals surface area contributed by atoms with Gasteiger partial charge >= 0.3 is 6.18 Å². The molecule has 0 aliphatic carbocycles. The average molecular weight is 269 g/mol. The molecule has 1 aromatic heterocycles. The van der Waals surface area contributed by atoms with E-state index in [2.05, 4.69) is 15.5 Å². The lowest BCUT2D eigenvalue weighted by Gasteiger charge is -2.13. The molecule has 0 saturated carbocycles. The maximum atomic E-state index is 12.8. The van der Waals surface area contributed by atoms with Gasteiger partial charge in [0.1, 0.15) is 0 Å². The molecule has 1 amide bonds. The van der Waals surface area contributed by atoms with Crippen LogP contribution in [0.1, 0.15) is 21.6 Å². The van der Waals surface area contributed by atoms with Crippen molar-refractivity contribution < 1.29 is 18.0 Å².